The first-order chi connectivity index (χ1) is 13.1. The number of amides is 1. The van der Waals surface area contributed by atoms with Gasteiger partial charge in [-0.05, 0) is 12.5 Å². The van der Waals surface area contributed by atoms with Crippen molar-refractivity contribution in [3.05, 3.63) is 16.0 Å². The Balaban J connectivity index is 2.09. The Kier molecular flexibility index (Phi) is 7.15. The molecule has 28 heavy (non-hydrogen) atoms. The van der Waals surface area contributed by atoms with E-state index in [1.807, 2.05) is 4.90 Å². The van der Waals surface area contributed by atoms with Crippen LogP contribution in [0.1, 0.15) is 25.6 Å². The Morgan fingerprint density at radius 1 is 1.07 bits per heavy atom. The number of methoxy groups -OCH3 is 2. The lowest BCUT2D eigenvalue weighted by Crippen LogP contribution is -2.50. The molecule has 156 valence electrons. The van der Waals surface area contributed by atoms with E-state index in [2.05, 4.69) is 5.32 Å². The molecule has 2 heterocycles. The van der Waals surface area contributed by atoms with Gasteiger partial charge in [0.25, 0.3) is 0 Å². The third-order valence-corrected chi connectivity index (χ3v) is 6.82. The first-order valence-corrected chi connectivity index (χ1v) is 11.0. The largest absolute Gasteiger partial charge is 0.465 e. The van der Waals surface area contributed by atoms with Crippen LogP contribution in [0.5, 0.6) is 0 Å². The number of ether oxygens (including phenoxy) is 2. The SMILES string of the molecule is COC(=O)c1sc(NC(=O)CN2CCN(S(C)(=O)=O)CC2)c(C(=O)OC)c1C. The van der Waals surface area contributed by atoms with Crippen molar-refractivity contribution in [2.45, 2.75) is 6.92 Å². The molecule has 0 bridgehead atoms. The number of carbonyl (C=O) groups is 3. The summed E-state index contributed by atoms with van der Waals surface area (Å²) in [5, 5.41) is 2.86. The van der Waals surface area contributed by atoms with Gasteiger partial charge in [0.1, 0.15) is 9.88 Å². The molecule has 0 radical (unpaired) electrons. The molecule has 1 N–H and O–H groups in total. The number of piperazine rings is 1. The molecule has 1 saturated heterocycles. The predicted molar refractivity (Wildman–Crippen MR) is 103 cm³/mol. The number of carbonyl (C=O) groups excluding carboxylic acids is 3. The van der Waals surface area contributed by atoms with Crippen molar-refractivity contribution in [1.29, 1.82) is 0 Å². The van der Waals surface area contributed by atoms with Crippen molar-refractivity contribution in [3.63, 3.8) is 0 Å². The first-order valence-electron chi connectivity index (χ1n) is 8.35. The Morgan fingerprint density at radius 3 is 2.14 bits per heavy atom. The van der Waals surface area contributed by atoms with Crippen LogP contribution < -0.4 is 5.32 Å². The molecular formula is C16H23N3O7S2. The number of thiophene rings is 1. The van der Waals surface area contributed by atoms with E-state index in [0.717, 1.165) is 17.6 Å². The fraction of sp³-hybridized carbons (Fsp3) is 0.562. The van der Waals surface area contributed by atoms with Crippen molar-refractivity contribution in [3.8, 4) is 0 Å². The molecule has 12 heteroatoms. The summed E-state index contributed by atoms with van der Waals surface area (Å²) in [6.07, 6.45) is 1.15. The summed E-state index contributed by atoms with van der Waals surface area (Å²) < 4.78 is 33.9. The van der Waals surface area contributed by atoms with E-state index in [4.69, 9.17) is 9.47 Å². The number of rotatable bonds is 6. The van der Waals surface area contributed by atoms with Crippen LogP contribution in [0.15, 0.2) is 0 Å². The van der Waals surface area contributed by atoms with Gasteiger partial charge in [-0.2, -0.15) is 4.31 Å². The van der Waals surface area contributed by atoms with Crippen LogP contribution in [0.3, 0.4) is 0 Å². The Morgan fingerprint density at radius 2 is 1.64 bits per heavy atom. The van der Waals surface area contributed by atoms with Gasteiger partial charge in [0.2, 0.25) is 15.9 Å². The molecule has 1 amide bonds. The van der Waals surface area contributed by atoms with Crippen LogP contribution in [-0.4, -0.2) is 88.7 Å². The lowest BCUT2D eigenvalue weighted by Gasteiger charge is -2.32. The number of anilines is 1. The molecule has 10 nitrogen and oxygen atoms in total. The maximum atomic E-state index is 12.4. The maximum Gasteiger partial charge on any atom is 0.348 e. The molecule has 2 rings (SSSR count). The molecule has 1 fully saturated rings. The Hall–Kier alpha value is -2.02. The highest BCUT2D eigenvalue weighted by molar-refractivity contribution is 7.88. The van der Waals surface area contributed by atoms with Crippen LogP contribution in [0.4, 0.5) is 5.00 Å². The zero-order chi connectivity index (χ0) is 21.1. The molecule has 0 atom stereocenters. The summed E-state index contributed by atoms with van der Waals surface area (Å²) in [6.45, 7) is 3.06. The van der Waals surface area contributed by atoms with Gasteiger partial charge in [0.15, 0.2) is 0 Å². The number of esters is 2. The van der Waals surface area contributed by atoms with E-state index in [9.17, 15) is 22.8 Å². The quantitative estimate of drug-likeness (QED) is 0.629. The van der Waals surface area contributed by atoms with Crippen LogP contribution >= 0.6 is 11.3 Å². The van der Waals surface area contributed by atoms with Crippen molar-refractivity contribution >= 4 is 44.2 Å². The van der Waals surface area contributed by atoms with E-state index in [-0.39, 0.29) is 27.9 Å². The fourth-order valence-electron chi connectivity index (χ4n) is 2.83. The van der Waals surface area contributed by atoms with Crippen molar-refractivity contribution < 1.29 is 32.3 Å². The van der Waals surface area contributed by atoms with E-state index in [1.165, 1.54) is 18.5 Å². The first kappa shape index (κ1) is 22.3. The van der Waals surface area contributed by atoms with Crippen molar-refractivity contribution in [1.82, 2.24) is 9.21 Å². The lowest BCUT2D eigenvalue weighted by molar-refractivity contribution is -0.117. The van der Waals surface area contributed by atoms with E-state index >= 15 is 0 Å². The highest BCUT2D eigenvalue weighted by Gasteiger charge is 2.28. The highest BCUT2D eigenvalue weighted by Crippen LogP contribution is 2.34. The second-order valence-electron chi connectivity index (χ2n) is 6.23. The van der Waals surface area contributed by atoms with Gasteiger partial charge in [-0.15, -0.1) is 11.3 Å². The predicted octanol–water partition coefficient (Wildman–Crippen LogP) is 0.145. The van der Waals surface area contributed by atoms with E-state index < -0.39 is 22.0 Å². The molecule has 1 aliphatic rings. The minimum atomic E-state index is -3.24. The normalized spacial score (nSPS) is 15.9. The summed E-state index contributed by atoms with van der Waals surface area (Å²) in [7, 11) is -0.802. The smallest absolute Gasteiger partial charge is 0.348 e. The molecule has 1 aromatic rings. The van der Waals surface area contributed by atoms with Gasteiger partial charge >= 0.3 is 11.9 Å². The van der Waals surface area contributed by atoms with Crippen LogP contribution in [0.2, 0.25) is 0 Å². The van der Waals surface area contributed by atoms with Crippen molar-refractivity contribution in [2.24, 2.45) is 0 Å². The maximum absolute atomic E-state index is 12.4. The average molecular weight is 434 g/mol. The molecule has 1 aliphatic heterocycles. The molecule has 0 spiro atoms. The minimum Gasteiger partial charge on any atom is -0.465 e. The summed E-state index contributed by atoms with van der Waals surface area (Å²) in [5.41, 5.74) is 0.490. The number of nitrogens with zero attached hydrogens (tertiary/aromatic N) is 2. The minimum absolute atomic E-state index is 0.0305. The third-order valence-electron chi connectivity index (χ3n) is 4.33. The average Bonchev–Trinajstić information content (AvgIpc) is 2.96. The molecule has 0 saturated carbocycles. The number of hydrogen-bond donors (Lipinski definition) is 1. The summed E-state index contributed by atoms with van der Waals surface area (Å²) in [6, 6.07) is 0. The molecule has 0 aliphatic carbocycles. The fourth-order valence-corrected chi connectivity index (χ4v) is 4.78. The van der Waals surface area contributed by atoms with Crippen LogP contribution in [-0.2, 0) is 24.3 Å². The van der Waals surface area contributed by atoms with Crippen molar-refractivity contribution in [2.75, 3.05) is 58.5 Å². The lowest BCUT2D eigenvalue weighted by atomic mass is 10.1. The summed E-state index contributed by atoms with van der Waals surface area (Å²) >= 11 is 0.943. The van der Waals surface area contributed by atoms with Gasteiger partial charge in [-0.25, -0.2) is 18.0 Å². The standard InChI is InChI=1S/C16H23N3O7S2/c1-10-12(15(21)25-2)14(27-13(10)16(22)26-3)17-11(20)9-18-5-7-19(8-6-18)28(4,23)24/h5-9H2,1-4H3,(H,17,20). The second-order valence-corrected chi connectivity index (χ2v) is 9.23. The molecule has 1 aromatic heterocycles. The zero-order valence-electron chi connectivity index (χ0n) is 16.1. The van der Waals surface area contributed by atoms with Crippen LogP contribution in [0, 0.1) is 6.92 Å². The monoisotopic (exact) mass is 433 g/mol. The summed E-state index contributed by atoms with van der Waals surface area (Å²) in [5.74, 6) is -1.65. The van der Waals surface area contributed by atoms with Gasteiger partial charge in [-0.3, -0.25) is 9.69 Å². The number of sulfonamides is 1. The second kappa shape index (κ2) is 8.99. The number of hydrogen-bond acceptors (Lipinski definition) is 9. The highest BCUT2D eigenvalue weighted by atomic mass is 32.2. The topological polar surface area (TPSA) is 122 Å². The Bertz CT molecular complexity index is 871. The van der Waals surface area contributed by atoms with Gasteiger partial charge in [0, 0.05) is 26.2 Å². The molecule has 0 aromatic carbocycles. The van der Waals surface area contributed by atoms with E-state index in [0.29, 0.717) is 31.7 Å². The summed E-state index contributed by atoms with van der Waals surface area (Å²) in [4.78, 5) is 38.4. The van der Waals surface area contributed by atoms with Gasteiger partial charge in [-0.1, -0.05) is 0 Å². The third kappa shape index (κ3) is 5.07. The number of nitrogens with one attached hydrogen (secondary N) is 1. The van der Waals surface area contributed by atoms with Gasteiger partial charge in [0.05, 0.1) is 32.6 Å². The zero-order valence-corrected chi connectivity index (χ0v) is 17.7. The van der Waals surface area contributed by atoms with E-state index in [1.54, 1.807) is 6.92 Å². The van der Waals surface area contributed by atoms with Crippen LogP contribution in [0.25, 0.3) is 0 Å². The Labute approximate surface area is 167 Å². The molecule has 0 unspecified atom stereocenters. The molecular weight excluding hydrogens is 410 g/mol. The van der Waals surface area contributed by atoms with Gasteiger partial charge < -0.3 is 14.8 Å².